The largest absolute Gasteiger partial charge is 0.460 e. The first kappa shape index (κ1) is 14.1. The van der Waals surface area contributed by atoms with Gasteiger partial charge in [0.25, 0.3) is 0 Å². The summed E-state index contributed by atoms with van der Waals surface area (Å²) in [6.07, 6.45) is 1.13. The third-order valence-corrected chi connectivity index (χ3v) is 1.46. The molecular weight excluding hydrogens is 196 g/mol. The predicted molar refractivity (Wildman–Crippen MR) is 57.6 cm³/mol. The summed E-state index contributed by atoms with van der Waals surface area (Å²) in [6.45, 7) is 9.97. The van der Waals surface area contributed by atoms with E-state index in [2.05, 4.69) is 20.4 Å². The van der Waals surface area contributed by atoms with Crippen LogP contribution in [-0.2, 0) is 19.0 Å². The van der Waals surface area contributed by atoms with E-state index in [1.807, 2.05) is 0 Å². The molecule has 0 radical (unpaired) electrons. The third kappa shape index (κ3) is 11.1. The zero-order chi connectivity index (χ0) is 11.5. The molecule has 0 aliphatic rings. The summed E-state index contributed by atoms with van der Waals surface area (Å²) in [5, 5.41) is 0. The van der Waals surface area contributed by atoms with Crippen molar-refractivity contribution in [3.05, 3.63) is 12.7 Å². The van der Waals surface area contributed by atoms with Crippen molar-refractivity contribution in [3.63, 3.8) is 0 Å². The van der Waals surface area contributed by atoms with E-state index >= 15 is 0 Å². The molecular formula is C11H20O4. The lowest BCUT2D eigenvalue weighted by Crippen LogP contribution is -2.12. The molecule has 15 heavy (non-hydrogen) atoms. The van der Waals surface area contributed by atoms with Crippen LogP contribution in [0.3, 0.4) is 0 Å². The van der Waals surface area contributed by atoms with E-state index in [4.69, 9.17) is 14.2 Å². The van der Waals surface area contributed by atoms with Crippen LogP contribution in [0, 0.1) is 5.92 Å². The van der Waals surface area contributed by atoms with Crippen LogP contribution in [-0.4, -0.2) is 39.0 Å². The SMILES string of the molecule is C=CC(=O)OCCOCCOCC(C)C. The molecule has 0 atom stereocenters. The summed E-state index contributed by atoms with van der Waals surface area (Å²) in [6, 6.07) is 0. The van der Waals surface area contributed by atoms with E-state index in [9.17, 15) is 4.79 Å². The highest BCUT2D eigenvalue weighted by molar-refractivity contribution is 5.81. The molecule has 0 aromatic rings. The number of carbonyl (C=O) groups excluding carboxylic acids is 1. The van der Waals surface area contributed by atoms with Crippen LogP contribution in [0.4, 0.5) is 0 Å². The summed E-state index contributed by atoms with van der Waals surface area (Å²) in [7, 11) is 0. The maximum absolute atomic E-state index is 10.6. The van der Waals surface area contributed by atoms with Gasteiger partial charge < -0.3 is 14.2 Å². The monoisotopic (exact) mass is 216 g/mol. The first-order valence-electron chi connectivity index (χ1n) is 5.11. The van der Waals surface area contributed by atoms with E-state index in [1.165, 1.54) is 0 Å². The number of esters is 1. The van der Waals surface area contributed by atoms with E-state index in [0.29, 0.717) is 25.7 Å². The van der Waals surface area contributed by atoms with Crippen LogP contribution in [0.1, 0.15) is 13.8 Å². The second-order valence-corrected chi connectivity index (χ2v) is 3.45. The van der Waals surface area contributed by atoms with Crippen LogP contribution in [0.15, 0.2) is 12.7 Å². The van der Waals surface area contributed by atoms with Crippen LogP contribution in [0.2, 0.25) is 0 Å². The van der Waals surface area contributed by atoms with Gasteiger partial charge in [-0.2, -0.15) is 0 Å². The van der Waals surface area contributed by atoms with Crippen LogP contribution in [0.5, 0.6) is 0 Å². The van der Waals surface area contributed by atoms with Gasteiger partial charge in [-0.15, -0.1) is 0 Å². The molecule has 0 saturated heterocycles. The molecule has 0 N–H and O–H groups in total. The minimum absolute atomic E-state index is 0.259. The average molecular weight is 216 g/mol. The molecule has 4 nitrogen and oxygen atoms in total. The van der Waals surface area contributed by atoms with Gasteiger partial charge in [-0.1, -0.05) is 20.4 Å². The van der Waals surface area contributed by atoms with E-state index in [0.717, 1.165) is 12.7 Å². The Morgan fingerprint density at radius 1 is 1.20 bits per heavy atom. The normalized spacial score (nSPS) is 10.3. The van der Waals surface area contributed by atoms with E-state index < -0.39 is 5.97 Å². The fourth-order valence-electron chi connectivity index (χ4n) is 0.799. The quantitative estimate of drug-likeness (QED) is 0.332. The van der Waals surface area contributed by atoms with Gasteiger partial charge in [0, 0.05) is 12.7 Å². The number of rotatable bonds is 9. The molecule has 0 aromatic carbocycles. The summed E-state index contributed by atoms with van der Waals surface area (Å²) in [4.78, 5) is 10.6. The Hall–Kier alpha value is -0.870. The molecule has 0 unspecified atom stereocenters. The fourth-order valence-corrected chi connectivity index (χ4v) is 0.799. The Labute approximate surface area is 91.2 Å². The molecule has 0 rings (SSSR count). The summed E-state index contributed by atoms with van der Waals surface area (Å²) < 4.78 is 15.2. The van der Waals surface area contributed by atoms with Gasteiger partial charge in [-0.25, -0.2) is 4.79 Å². The maximum atomic E-state index is 10.6. The average Bonchev–Trinajstić information content (AvgIpc) is 2.21. The smallest absolute Gasteiger partial charge is 0.330 e. The molecule has 4 heteroatoms. The fraction of sp³-hybridized carbons (Fsp3) is 0.727. The molecule has 0 aromatic heterocycles. The maximum Gasteiger partial charge on any atom is 0.330 e. The van der Waals surface area contributed by atoms with E-state index in [1.54, 1.807) is 0 Å². The molecule has 0 bridgehead atoms. The molecule has 0 spiro atoms. The zero-order valence-corrected chi connectivity index (χ0v) is 9.53. The lowest BCUT2D eigenvalue weighted by Gasteiger charge is -2.07. The van der Waals surface area contributed by atoms with Crippen LogP contribution < -0.4 is 0 Å². The minimum Gasteiger partial charge on any atom is -0.460 e. The topological polar surface area (TPSA) is 44.8 Å². The molecule has 0 aliphatic heterocycles. The van der Waals surface area contributed by atoms with Gasteiger partial charge in [-0.05, 0) is 5.92 Å². The van der Waals surface area contributed by atoms with Crippen molar-refractivity contribution < 1.29 is 19.0 Å². The van der Waals surface area contributed by atoms with Gasteiger partial charge in [0.1, 0.15) is 6.61 Å². The number of hydrogen-bond donors (Lipinski definition) is 0. The lowest BCUT2D eigenvalue weighted by atomic mass is 10.2. The van der Waals surface area contributed by atoms with Crippen LogP contribution >= 0.6 is 0 Å². The summed E-state index contributed by atoms with van der Waals surface area (Å²) >= 11 is 0. The Morgan fingerprint density at radius 3 is 2.40 bits per heavy atom. The number of ether oxygens (including phenoxy) is 3. The van der Waals surface area contributed by atoms with Crippen molar-refractivity contribution in [2.75, 3.05) is 33.0 Å². The molecule has 0 fully saturated rings. The Balaban J connectivity index is 3.05. The van der Waals surface area contributed by atoms with E-state index in [-0.39, 0.29) is 6.61 Å². The first-order chi connectivity index (χ1) is 7.16. The molecule has 88 valence electrons. The van der Waals surface area contributed by atoms with Gasteiger partial charge in [0.2, 0.25) is 0 Å². The van der Waals surface area contributed by atoms with Crippen molar-refractivity contribution in [2.24, 2.45) is 5.92 Å². The predicted octanol–water partition coefficient (Wildman–Crippen LogP) is 1.40. The third-order valence-electron chi connectivity index (χ3n) is 1.46. The number of hydrogen-bond acceptors (Lipinski definition) is 4. The van der Waals surface area contributed by atoms with Crippen molar-refractivity contribution in [1.82, 2.24) is 0 Å². The van der Waals surface area contributed by atoms with Gasteiger partial charge in [-0.3, -0.25) is 0 Å². The van der Waals surface area contributed by atoms with Crippen molar-refractivity contribution in [1.29, 1.82) is 0 Å². The molecule has 0 aliphatic carbocycles. The van der Waals surface area contributed by atoms with Gasteiger partial charge >= 0.3 is 5.97 Å². The Kier molecular flexibility index (Phi) is 9.11. The van der Waals surface area contributed by atoms with Gasteiger partial charge in [0.15, 0.2) is 0 Å². The van der Waals surface area contributed by atoms with Crippen molar-refractivity contribution in [3.8, 4) is 0 Å². The van der Waals surface area contributed by atoms with Gasteiger partial charge in [0.05, 0.1) is 19.8 Å². The highest BCUT2D eigenvalue weighted by atomic mass is 16.6. The molecule has 0 heterocycles. The van der Waals surface area contributed by atoms with Crippen molar-refractivity contribution in [2.45, 2.75) is 13.8 Å². The second-order valence-electron chi connectivity index (χ2n) is 3.45. The molecule has 0 amide bonds. The Bertz CT molecular complexity index is 177. The highest BCUT2D eigenvalue weighted by Crippen LogP contribution is 1.91. The highest BCUT2D eigenvalue weighted by Gasteiger charge is 1.96. The standard InChI is InChI=1S/C11H20O4/c1-4-11(12)15-8-7-13-5-6-14-9-10(2)3/h4,10H,1,5-9H2,2-3H3. The number of carbonyl (C=O) groups is 1. The second kappa shape index (κ2) is 9.68. The van der Waals surface area contributed by atoms with Crippen LogP contribution in [0.25, 0.3) is 0 Å². The summed E-state index contributed by atoms with van der Waals surface area (Å²) in [5.41, 5.74) is 0. The summed E-state index contributed by atoms with van der Waals surface area (Å²) in [5.74, 6) is 0.119. The first-order valence-corrected chi connectivity index (χ1v) is 5.11. The minimum atomic E-state index is -0.422. The molecule has 0 saturated carbocycles. The lowest BCUT2D eigenvalue weighted by molar-refractivity contribution is -0.139. The van der Waals surface area contributed by atoms with Crippen molar-refractivity contribution >= 4 is 5.97 Å². The zero-order valence-electron chi connectivity index (χ0n) is 9.53. The Morgan fingerprint density at radius 2 is 1.80 bits per heavy atom.